The van der Waals surface area contributed by atoms with Gasteiger partial charge in [0.2, 0.25) is 0 Å². The number of carbonyl (C=O) groups excluding carboxylic acids is 1. The highest BCUT2D eigenvalue weighted by atomic mass is 16.5. The van der Waals surface area contributed by atoms with Crippen LogP contribution in [0.1, 0.15) is 36.5 Å². The van der Waals surface area contributed by atoms with Gasteiger partial charge in [0.25, 0.3) is 0 Å². The lowest BCUT2D eigenvalue weighted by atomic mass is 9.51. The summed E-state index contributed by atoms with van der Waals surface area (Å²) in [6.45, 7) is 5.37. The molecule has 2 fully saturated rings. The van der Waals surface area contributed by atoms with Crippen LogP contribution in [0.25, 0.3) is 0 Å². The largest absolute Gasteiger partial charge is 0.504 e. The van der Waals surface area contributed by atoms with Crippen LogP contribution in [0, 0.1) is 5.92 Å². The number of Topliss-reactive ketones (excluding diaryl/α,β-unsaturated/α-hetero) is 1. The third-order valence-corrected chi connectivity index (χ3v) is 6.65. The minimum absolute atomic E-state index is 0.0288. The Kier molecular flexibility index (Phi) is 2.78. The lowest BCUT2D eigenvalue weighted by Crippen LogP contribution is -2.67. The van der Waals surface area contributed by atoms with E-state index in [2.05, 4.69) is 11.5 Å². The van der Waals surface area contributed by atoms with Crippen molar-refractivity contribution >= 4 is 5.78 Å². The van der Waals surface area contributed by atoms with Gasteiger partial charge in [-0.05, 0) is 36.9 Å². The highest BCUT2D eigenvalue weighted by molar-refractivity contribution is 5.89. The Bertz CT molecular complexity index is 760. The number of rotatable bonds is 2. The molecule has 1 aromatic carbocycles. The summed E-state index contributed by atoms with van der Waals surface area (Å²) in [5.74, 6) is 0.787. The number of likely N-dealkylation sites (tertiary alicyclic amines) is 1. The summed E-state index contributed by atoms with van der Waals surface area (Å²) >= 11 is 0. The first-order valence-corrected chi connectivity index (χ1v) is 8.68. The molecule has 2 bridgehead atoms. The Morgan fingerprint density at radius 3 is 3.08 bits per heavy atom. The zero-order valence-electron chi connectivity index (χ0n) is 13.4. The third kappa shape index (κ3) is 1.46. The van der Waals surface area contributed by atoms with Gasteiger partial charge in [0.15, 0.2) is 23.4 Å². The van der Waals surface area contributed by atoms with Gasteiger partial charge in [0.1, 0.15) is 0 Å². The number of aliphatic hydroxyl groups is 1. The molecule has 5 atom stereocenters. The number of ketones is 1. The van der Waals surface area contributed by atoms with Gasteiger partial charge in [-0.15, -0.1) is 6.58 Å². The normalized spacial score (nSPS) is 39.3. The number of benzene rings is 1. The van der Waals surface area contributed by atoms with E-state index in [0.717, 1.165) is 37.1 Å². The molecule has 1 saturated heterocycles. The smallest absolute Gasteiger partial charge is 0.174 e. The molecule has 2 heterocycles. The number of ether oxygens (including phenoxy) is 1. The topological polar surface area (TPSA) is 70.0 Å². The highest BCUT2D eigenvalue weighted by Crippen LogP contribution is 2.65. The minimum Gasteiger partial charge on any atom is -0.504 e. The maximum Gasteiger partial charge on any atom is 0.174 e. The van der Waals surface area contributed by atoms with Gasteiger partial charge in [-0.25, -0.2) is 0 Å². The Morgan fingerprint density at radius 1 is 1.46 bits per heavy atom. The van der Waals surface area contributed by atoms with Crippen LogP contribution in [-0.4, -0.2) is 46.1 Å². The predicted molar refractivity (Wildman–Crippen MR) is 87.1 cm³/mol. The van der Waals surface area contributed by atoms with Gasteiger partial charge in [0, 0.05) is 30.0 Å². The Hall–Kier alpha value is -1.85. The molecule has 1 unspecified atom stereocenters. The lowest BCUT2D eigenvalue weighted by molar-refractivity contribution is -0.144. The fraction of sp³-hybridized carbons (Fsp3) is 0.526. The maximum absolute atomic E-state index is 12.6. The van der Waals surface area contributed by atoms with E-state index in [-0.39, 0.29) is 28.9 Å². The van der Waals surface area contributed by atoms with Gasteiger partial charge in [-0.1, -0.05) is 12.1 Å². The van der Waals surface area contributed by atoms with E-state index in [1.807, 2.05) is 6.08 Å². The van der Waals surface area contributed by atoms with Crippen molar-refractivity contribution in [3.8, 4) is 11.5 Å². The number of piperidine rings is 1. The molecule has 126 valence electrons. The minimum atomic E-state index is -0.631. The van der Waals surface area contributed by atoms with E-state index in [9.17, 15) is 15.0 Å². The number of hydrogen-bond donors (Lipinski definition) is 2. The van der Waals surface area contributed by atoms with Crippen molar-refractivity contribution in [2.24, 2.45) is 5.92 Å². The molecular formula is C19H21NO4. The van der Waals surface area contributed by atoms with Gasteiger partial charge in [0.05, 0.1) is 6.10 Å². The number of phenolic OH excluding ortho intramolecular Hbond substituents is 1. The Labute approximate surface area is 140 Å². The van der Waals surface area contributed by atoms with Gasteiger partial charge in [-0.3, -0.25) is 9.69 Å². The van der Waals surface area contributed by atoms with Crippen molar-refractivity contribution in [1.29, 1.82) is 0 Å². The number of phenols is 1. The lowest BCUT2D eigenvalue weighted by Gasteiger charge is -2.58. The standard InChI is InChI=1S/C19H21NO4/c1-2-8-20-9-7-19-11-4-6-13(22)18(19)24-17-12(21)5-3-10(14(17)19)16(23)15(11)20/h2-3,5,11,15-16,18,21,23H,1,4,6-9H2/t11-,15-,16?,18-,19-/m0/s1. The van der Waals surface area contributed by atoms with Gasteiger partial charge >= 0.3 is 0 Å². The highest BCUT2D eigenvalue weighted by Gasteiger charge is 2.67. The van der Waals surface area contributed by atoms with Crippen LogP contribution in [0.4, 0.5) is 0 Å². The van der Waals surface area contributed by atoms with Gasteiger partial charge in [-0.2, -0.15) is 0 Å². The Balaban J connectivity index is 1.78. The first-order chi connectivity index (χ1) is 11.6. The summed E-state index contributed by atoms with van der Waals surface area (Å²) in [4.78, 5) is 14.9. The zero-order valence-corrected chi connectivity index (χ0v) is 13.4. The molecule has 2 aliphatic carbocycles. The number of nitrogens with zero attached hydrogens (tertiary/aromatic N) is 1. The first kappa shape index (κ1) is 14.5. The van der Waals surface area contributed by atoms with Crippen molar-refractivity contribution < 1.29 is 19.7 Å². The molecule has 0 amide bonds. The second kappa shape index (κ2) is 4.61. The van der Waals surface area contributed by atoms with Crippen LogP contribution in [0.3, 0.4) is 0 Å². The van der Waals surface area contributed by atoms with E-state index in [1.165, 1.54) is 0 Å². The summed E-state index contributed by atoms with van der Waals surface area (Å²) in [7, 11) is 0. The van der Waals surface area contributed by atoms with E-state index < -0.39 is 12.2 Å². The molecule has 2 aliphatic heterocycles. The van der Waals surface area contributed by atoms with Crippen LogP contribution in [-0.2, 0) is 10.2 Å². The molecule has 0 aromatic heterocycles. The summed E-state index contributed by atoms with van der Waals surface area (Å²) in [5, 5.41) is 21.4. The molecule has 5 rings (SSSR count). The second-order valence-corrected chi connectivity index (χ2v) is 7.50. The molecule has 2 N–H and O–H groups in total. The first-order valence-electron chi connectivity index (χ1n) is 8.68. The maximum atomic E-state index is 12.6. The summed E-state index contributed by atoms with van der Waals surface area (Å²) in [6, 6.07) is 3.34. The van der Waals surface area contributed by atoms with Crippen molar-refractivity contribution in [2.45, 2.75) is 42.9 Å². The fourth-order valence-corrected chi connectivity index (χ4v) is 5.84. The number of hydrogen-bond acceptors (Lipinski definition) is 5. The molecule has 0 radical (unpaired) electrons. The van der Waals surface area contributed by atoms with Gasteiger partial charge < -0.3 is 14.9 Å². The number of aliphatic hydroxyl groups excluding tert-OH is 1. The summed E-state index contributed by atoms with van der Waals surface area (Å²) in [5.41, 5.74) is 1.32. The molecular weight excluding hydrogens is 306 g/mol. The van der Waals surface area contributed by atoms with E-state index >= 15 is 0 Å². The zero-order chi connectivity index (χ0) is 16.6. The SMILES string of the molecule is C=CCN1CC[C@]23c4c5ccc(O)c4O[C@H]2C(=O)CC[C@H]3[C@H]1C5O. The van der Waals surface area contributed by atoms with Crippen LogP contribution in [0.5, 0.6) is 11.5 Å². The number of carbonyl (C=O) groups is 1. The fourth-order valence-electron chi connectivity index (χ4n) is 5.84. The van der Waals surface area contributed by atoms with Crippen molar-refractivity contribution in [3.63, 3.8) is 0 Å². The molecule has 5 nitrogen and oxygen atoms in total. The van der Waals surface area contributed by atoms with Crippen molar-refractivity contribution in [3.05, 3.63) is 35.9 Å². The molecule has 24 heavy (non-hydrogen) atoms. The van der Waals surface area contributed by atoms with Crippen molar-refractivity contribution in [2.75, 3.05) is 13.1 Å². The monoisotopic (exact) mass is 327 g/mol. The van der Waals surface area contributed by atoms with Crippen molar-refractivity contribution in [1.82, 2.24) is 4.90 Å². The Morgan fingerprint density at radius 2 is 2.29 bits per heavy atom. The second-order valence-electron chi connectivity index (χ2n) is 7.50. The summed E-state index contributed by atoms with van der Waals surface area (Å²) < 4.78 is 6.02. The van der Waals surface area contributed by atoms with E-state index in [4.69, 9.17) is 4.74 Å². The van der Waals surface area contributed by atoms with Crippen LogP contribution in [0.2, 0.25) is 0 Å². The molecule has 5 heteroatoms. The average molecular weight is 327 g/mol. The van der Waals surface area contributed by atoms with Crippen LogP contribution >= 0.6 is 0 Å². The quantitative estimate of drug-likeness (QED) is 0.809. The predicted octanol–water partition coefficient (Wildman–Crippen LogP) is 1.68. The molecule has 1 saturated carbocycles. The van der Waals surface area contributed by atoms with E-state index in [1.54, 1.807) is 12.1 Å². The number of aromatic hydroxyl groups is 1. The average Bonchev–Trinajstić information content (AvgIpc) is 2.92. The van der Waals surface area contributed by atoms with Crippen LogP contribution < -0.4 is 4.74 Å². The van der Waals surface area contributed by atoms with E-state index in [0.29, 0.717) is 12.2 Å². The van der Waals surface area contributed by atoms with Crippen LogP contribution in [0.15, 0.2) is 24.8 Å². The molecule has 1 aromatic rings. The molecule has 4 aliphatic rings. The summed E-state index contributed by atoms with van der Waals surface area (Å²) in [6.07, 6.45) is 2.79. The molecule has 1 spiro atoms. The third-order valence-electron chi connectivity index (χ3n) is 6.65.